The number of hydroxylamine groups is 2. The van der Waals surface area contributed by atoms with Crippen LogP contribution in [0.3, 0.4) is 0 Å². The van der Waals surface area contributed by atoms with Gasteiger partial charge in [0.1, 0.15) is 0 Å². The lowest BCUT2D eigenvalue weighted by atomic mass is 9.84. The third-order valence-corrected chi connectivity index (χ3v) is 3.92. The zero-order valence-corrected chi connectivity index (χ0v) is 12.5. The van der Waals surface area contributed by atoms with Crippen LogP contribution in [0.4, 0.5) is 13.2 Å². The average molecular weight is 341 g/mol. The van der Waals surface area contributed by atoms with E-state index >= 15 is 0 Å². The Morgan fingerprint density at radius 3 is 2.46 bits per heavy atom. The van der Waals surface area contributed by atoms with Crippen LogP contribution in [-0.2, 0) is 17.5 Å². The number of aromatic nitrogens is 2. The smallest absolute Gasteiger partial charge is 0.329 e. The number of rotatable bonds is 4. The van der Waals surface area contributed by atoms with Gasteiger partial charge in [0.15, 0.2) is 0 Å². The Morgan fingerprint density at radius 2 is 1.96 bits per heavy atom. The summed E-state index contributed by atoms with van der Waals surface area (Å²) in [5, 5.41) is 13.8. The number of alkyl halides is 3. The van der Waals surface area contributed by atoms with Crippen LogP contribution in [-0.4, -0.2) is 26.3 Å². The second kappa shape index (κ2) is 6.23. The normalized spacial score (nSPS) is 15.2. The summed E-state index contributed by atoms with van der Waals surface area (Å²) >= 11 is 0. The molecule has 1 amide bonds. The van der Waals surface area contributed by atoms with E-state index in [1.54, 1.807) is 12.1 Å². The van der Waals surface area contributed by atoms with Crippen LogP contribution in [0.1, 0.15) is 30.7 Å². The number of carbonyl (C=O) groups excluding carboxylic acids is 1. The maximum Gasteiger partial charge on any atom is 0.471 e. The van der Waals surface area contributed by atoms with Crippen molar-refractivity contribution in [1.29, 1.82) is 0 Å². The first kappa shape index (κ1) is 16.4. The fourth-order valence-electron chi connectivity index (χ4n) is 2.33. The molecule has 0 aliphatic heterocycles. The molecule has 1 heterocycles. The molecule has 1 fully saturated rings. The fraction of sp³-hybridized carbons (Fsp3) is 0.400. The Balaban J connectivity index is 1.67. The van der Waals surface area contributed by atoms with Gasteiger partial charge in [-0.15, -0.1) is 0 Å². The number of hydrogen-bond donors (Lipinski definition) is 1. The molecule has 3 rings (SSSR count). The van der Waals surface area contributed by atoms with Gasteiger partial charge in [0.05, 0.1) is 6.54 Å². The highest BCUT2D eigenvalue weighted by Crippen LogP contribution is 2.30. The van der Waals surface area contributed by atoms with Gasteiger partial charge in [0, 0.05) is 11.5 Å². The standard InChI is InChI=1S/C15H14F3N3O3/c16-15(17,18)14-19-12(20-24-14)10-6-4-9(5-7-10)8-21(23)13(22)11-2-1-3-11/h4-7,11,23H,1-3,8H2. The summed E-state index contributed by atoms with van der Waals surface area (Å²) in [5.41, 5.74) is 0.973. The highest BCUT2D eigenvalue weighted by molar-refractivity contribution is 5.78. The van der Waals surface area contributed by atoms with E-state index in [9.17, 15) is 23.2 Å². The molecule has 24 heavy (non-hydrogen) atoms. The Labute approximate surface area is 134 Å². The monoisotopic (exact) mass is 341 g/mol. The van der Waals surface area contributed by atoms with Gasteiger partial charge in [-0.05, 0) is 18.4 Å². The van der Waals surface area contributed by atoms with Gasteiger partial charge >= 0.3 is 12.1 Å². The molecular formula is C15H14F3N3O3. The maximum absolute atomic E-state index is 12.4. The molecule has 1 N–H and O–H groups in total. The van der Waals surface area contributed by atoms with Crippen LogP contribution in [0, 0.1) is 5.92 Å². The van der Waals surface area contributed by atoms with E-state index in [2.05, 4.69) is 14.7 Å². The van der Waals surface area contributed by atoms with Crippen molar-refractivity contribution in [3.63, 3.8) is 0 Å². The maximum atomic E-state index is 12.4. The number of halogens is 3. The molecule has 1 aromatic carbocycles. The van der Waals surface area contributed by atoms with E-state index in [1.807, 2.05) is 0 Å². The number of benzene rings is 1. The topological polar surface area (TPSA) is 79.5 Å². The van der Waals surface area contributed by atoms with Crippen molar-refractivity contribution in [3.05, 3.63) is 35.7 Å². The van der Waals surface area contributed by atoms with E-state index in [1.165, 1.54) is 12.1 Å². The van der Waals surface area contributed by atoms with Gasteiger partial charge in [0.25, 0.3) is 0 Å². The Bertz CT molecular complexity index is 724. The van der Waals surface area contributed by atoms with Gasteiger partial charge in [-0.25, -0.2) is 5.06 Å². The summed E-state index contributed by atoms with van der Waals surface area (Å²) in [4.78, 5) is 15.1. The van der Waals surface area contributed by atoms with E-state index in [0.29, 0.717) is 16.2 Å². The number of amides is 1. The van der Waals surface area contributed by atoms with Crippen molar-refractivity contribution in [2.75, 3.05) is 0 Å². The Hall–Kier alpha value is -2.42. The Morgan fingerprint density at radius 1 is 1.29 bits per heavy atom. The molecule has 1 aliphatic carbocycles. The molecule has 0 spiro atoms. The minimum atomic E-state index is -4.69. The van der Waals surface area contributed by atoms with Gasteiger partial charge in [0.2, 0.25) is 11.7 Å². The Kier molecular flexibility index (Phi) is 4.27. The second-order valence-corrected chi connectivity index (χ2v) is 5.64. The van der Waals surface area contributed by atoms with Crippen LogP contribution >= 0.6 is 0 Å². The van der Waals surface area contributed by atoms with Gasteiger partial charge in [-0.2, -0.15) is 18.2 Å². The van der Waals surface area contributed by atoms with Crippen molar-refractivity contribution >= 4 is 5.91 Å². The molecule has 0 radical (unpaired) electrons. The van der Waals surface area contributed by atoms with E-state index in [4.69, 9.17) is 0 Å². The average Bonchev–Trinajstić information content (AvgIpc) is 2.96. The molecule has 0 bridgehead atoms. The van der Waals surface area contributed by atoms with Crippen LogP contribution in [0.5, 0.6) is 0 Å². The van der Waals surface area contributed by atoms with Crippen LogP contribution in [0.15, 0.2) is 28.8 Å². The summed E-state index contributed by atoms with van der Waals surface area (Å²) in [6.07, 6.45) is -2.13. The summed E-state index contributed by atoms with van der Waals surface area (Å²) in [7, 11) is 0. The van der Waals surface area contributed by atoms with E-state index in [0.717, 1.165) is 19.3 Å². The quantitative estimate of drug-likeness (QED) is 0.682. The molecule has 0 saturated heterocycles. The second-order valence-electron chi connectivity index (χ2n) is 5.64. The van der Waals surface area contributed by atoms with Crippen LogP contribution in [0.25, 0.3) is 11.4 Å². The fourth-order valence-corrected chi connectivity index (χ4v) is 2.33. The predicted molar refractivity (Wildman–Crippen MR) is 74.4 cm³/mol. The van der Waals surface area contributed by atoms with Gasteiger partial charge in [-0.3, -0.25) is 10.0 Å². The van der Waals surface area contributed by atoms with Crippen molar-refractivity contribution in [3.8, 4) is 11.4 Å². The zero-order chi connectivity index (χ0) is 17.3. The lowest BCUT2D eigenvalue weighted by molar-refractivity contribution is -0.175. The minimum absolute atomic E-state index is 0.00958. The SMILES string of the molecule is O=C(C1CCC1)N(O)Cc1ccc(-c2noc(C(F)(F)F)n2)cc1. The van der Waals surface area contributed by atoms with Crippen molar-refractivity contribution in [2.45, 2.75) is 32.0 Å². The third-order valence-electron chi connectivity index (χ3n) is 3.92. The molecular weight excluding hydrogens is 327 g/mol. The lowest BCUT2D eigenvalue weighted by Crippen LogP contribution is -2.36. The number of carbonyl (C=O) groups is 1. The van der Waals surface area contributed by atoms with Crippen molar-refractivity contribution < 1.29 is 27.7 Å². The van der Waals surface area contributed by atoms with E-state index < -0.39 is 12.1 Å². The molecule has 1 aliphatic rings. The molecule has 0 unspecified atom stereocenters. The van der Waals surface area contributed by atoms with Gasteiger partial charge < -0.3 is 4.52 Å². The van der Waals surface area contributed by atoms with Gasteiger partial charge in [-0.1, -0.05) is 35.8 Å². The largest absolute Gasteiger partial charge is 0.471 e. The summed E-state index contributed by atoms with van der Waals surface area (Å²) in [5.74, 6) is -2.01. The molecule has 6 nitrogen and oxygen atoms in total. The summed E-state index contributed by atoms with van der Waals surface area (Å²) in [6.45, 7) is 0.00958. The lowest BCUT2D eigenvalue weighted by Gasteiger charge is -2.27. The first-order chi connectivity index (χ1) is 11.3. The molecule has 128 valence electrons. The van der Waals surface area contributed by atoms with Crippen molar-refractivity contribution in [1.82, 2.24) is 15.2 Å². The molecule has 1 saturated carbocycles. The third kappa shape index (κ3) is 3.40. The number of nitrogens with zero attached hydrogens (tertiary/aromatic N) is 3. The minimum Gasteiger partial charge on any atom is -0.329 e. The van der Waals surface area contributed by atoms with Crippen LogP contribution < -0.4 is 0 Å². The number of hydrogen-bond acceptors (Lipinski definition) is 5. The summed E-state index contributed by atoms with van der Waals surface area (Å²) < 4.78 is 41.5. The van der Waals surface area contributed by atoms with Crippen LogP contribution in [0.2, 0.25) is 0 Å². The molecule has 0 atom stereocenters. The van der Waals surface area contributed by atoms with E-state index in [-0.39, 0.29) is 24.2 Å². The predicted octanol–water partition coefficient (Wildman–Crippen LogP) is 3.27. The molecule has 2 aromatic rings. The van der Waals surface area contributed by atoms with Crippen molar-refractivity contribution in [2.24, 2.45) is 5.92 Å². The first-order valence-electron chi connectivity index (χ1n) is 7.35. The molecule has 1 aromatic heterocycles. The summed E-state index contributed by atoms with van der Waals surface area (Å²) in [6, 6.07) is 6.16. The first-order valence-corrected chi connectivity index (χ1v) is 7.35. The highest BCUT2D eigenvalue weighted by atomic mass is 19.4. The highest BCUT2D eigenvalue weighted by Gasteiger charge is 2.38. The molecule has 9 heteroatoms. The zero-order valence-electron chi connectivity index (χ0n) is 12.5.